The van der Waals surface area contributed by atoms with E-state index in [2.05, 4.69) is 34.4 Å². The van der Waals surface area contributed by atoms with Crippen molar-refractivity contribution in [1.82, 2.24) is 15.2 Å². The molecule has 1 unspecified atom stereocenters. The zero-order valence-corrected chi connectivity index (χ0v) is 12.9. The van der Waals surface area contributed by atoms with Crippen LogP contribution >= 0.6 is 11.3 Å². The second-order valence-electron chi connectivity index (χ2n) is 6.36. The summed E-state index contributed by atoms with van der Waals surface area (Å²) in [5.74, 6) is 0. The van der Waals surface area contributed by atoms with Crippen molar-refractivity contribution in [2.24, 2.45) is 0 Å². The number of nitrogens with one attached hydrogen (secondary N) is 1. The maximum atomic E-state index is 4.63. The van der Waals surface area contributed by atoms with Gasteiger partial charge in [0, 0.05) is 35.7 Å². The summed E-state index contributed by atoms with van der Waals surface area (Å²) in [5, 5.41) is 7.29. The summed E-state index contributed by atoms with van der Waals surface area (Å²) < 4.78 is 0. The topological polar surface area (TPSA) is 28.2 Å². The molecular formula is C15H25N3S. The summed E-state index contributed by atoms with van der Waals surface area (Å²) in [5.41, 5.74) is 1.56. The van der Waals surface area contributed by atoms with Gasteiger partial charge in [-0.1, -0.05) is 19.3 Å². The van der Waals surface area contributed by atoms with E-state index in [1.807, 2.05) is 11.3 Å². The number of rotatable bonds is 2. The van der Waals surface area contributed by atoms with Crippen LogP contribution in [-0.2, 0) is 6.54 Å². The Hall–Kier alpha value is -0.450. The van der Waals surface area contributed by atoms with E-state index >= 15 is 0 Å². The first-order chi connectivity index (χ1) is 9.17. The number of nitrogens with zero attached hydrogens (tertiary/aromatic N) is 2. The van der Waals surface area contributed by atoms with E-state index < -0.39 is 0 Å². The van der Waals surface area contributed by atoms with Crippen LogP contribution in [0.5, 0.6) is 0 Å². The van der Waals surface area contributed by atoms with Crippen LogP contribution in [0.2, 0.25) is 0 Å². The molecule has 0 aromatic carbocycles. The van der Waals surface area contributed by atoms with Gasteiger partial charge in [-0.3, -0.25) is 4.90 Å². The molecule has 0 amide bonds. The fraction of sp³-hybridized carbons (Fsp3) is 0.800. The van der Waals surface area contributed by atoms with Gasteiger partial charge >= 0.3 is 0 Å². The lowest BCUT2D eigenvalue weighted by Crippen LogP contribution is -2.63. The van der Waals surface area contributed by atoms with Crippen molar-refractivity contribution in [3.8, 4) is 0 Å². The first-order valence-corrected chi connectivity index (χ1v) is 8.45. The normalized spacial score (nSPS) is 27.8. The minimum absolute atomic E-state index is 0.400. The van der Waals surface area contributed by atoms with Crippen molar-refractivity contribution in [1.29, 1.82) is 0 Å². The number of aromatic nitrogens is 1. The van der Waals surface area contributed by atoms with Gasteiger partial charge in [0.15, 0.2) is 0 Å². The van der Waals surface area contributed by atoms with Gasteiger partial charge < -0.3 is 5.32 Å². The Balaban J connectivity index is 1.68. The number of hydrogen-bond acceptors (Lipinski definition) is 4. The molecule has 1 atom stereocenters. The van der Waals surface area contributed by atoms with Crippen LogP contribution in [-0.4, -0.2) is 34.6 Å². The monoisotopic (exact) mass is 279 g/mol. The summed E-state index contributed by atoms with van der Waals surface area (Å²) in [4.78, 5) is 7.27. The zero-order chi connectivity index (χ0) is 13.3. The van der Waals surface area contributed by atoms with Gasteiger partial charge in [0.05, 0.1) is 6.54 Å². The standard InChI is InChI=1S/C15H25N3S/c1-12-10-19-14(17-12)9-18-11-15(16-8-13(18)2)6-4-3-5-7-15/h10,13,16H,3-9,11H2,1-2H3. The van der Waals surface area contributed by atoms with Crippen LogP contribution in [0.15, 0.2) is 5.38 Å². The van der Waals surface area contributed by atoms with Crippen LogP contribution in [0.4, 0.5) is 0 Å². The largest absolute Gasteiger partial charge is 0.308 e. The molecule has 2 heterocycles. The highest BCUT2D eigenvalue weighted by Crippen LogP contribution is 2.32. The second-order valence-corrected chi connectivity index (χ2v) is 7.30. The van der Waals surface area contributed by atoms with Crippen molar-refractivity contribution in [2.75, 3.05) is 13.1 Å². The molecule has 106 valence electrons. The molecule has 1 N–H and O–H groups in total. The molecule has 0 bridgehead atoms. The Labute approximate surface area is 120 Å². The van der Waals surface area contributed by atoms with Crippen LogP contribution in [0.25, 0.3) is 0 Å². The molecule has 0 radical (unpaired) electrons. The lowest BCUT2D eigenvalue weighted by atomic mass is 9.79. The van der Waals surface area contributed by atoms with E-state index in [9.17, 15) is 0 Å². The minimum Gasteiger partial charge on any atom is -0.308 e. The minimum atomic E-state index is 0.400. The molecule has 1 spiro atoms. The van der Waals surface area contributed by atoms with Crippen LogP contribution in [0.3, 0.4) is 0 Å². The summed E-state index contributed by atoms with van der Waals surface area (Å²) in [6.45, 7) is 7.78. The van der Waals surface area contributed by atoms with E-state index in [4.69, 9.17) is 0 Å². The molecule has 1 aliphatic carbocycles. The molecule has 3 rings (SSSR count). The van der Waals surface area contributed by atoms with E-state index in [0.29, 0.717) is 11.6 Å². The maximum Gasteiger partial charge on any atom is 0.107 e. The average molecular weight is 279 g/mol. The van der Waals surface area contributed by atoms with E-state index in [-0.39, 0.29) is 0 Å². The molecule has 2 fully saturated rings. The molecule has 3 nitrogen and oxygen atoms in total. The van der Waals surface area contributed by atoms with Gasteiger partial charge in [-0.15, -0.1) is 11.3 Å². The predicted molar refractivity (Wildman–Crippen MR) is 80.5 cm³/mol. The Kier molecular flexibility index (Phi) is 3.92. The Morgan fingerprint density at radius 3 is 2.89 bits per heavy atom. The number of aryl methyl sites for hydroxylation is 1. The second kappa shape index (κ2) is 5.51. The lowest BCUT2D eigenvalue weighted by Gasteiger charge is -2.48. The zero-order valence-electron chi connectivity index (χ0n) is 12.1. The Morgan fingerprint density at radius 1 is 1.42 bits per heavy atom. The van der Waals surface area contributed by atoms with Crippen LogP contribution in [0.1, 0.15) is 49.7 Å². The van der Waals surface area contributed by atoms with Gasteiger partial charge in [-0.05, 0) is 26.7 Å². The van der Waals surface area contributed by atoms with E-state index in [1.165, 1.54) is 43.7 Å². The number of piperazine rings is 1. The van der Waals surface area contributed by atoms with Gasteiger partial charge in [-0.25, -0.2) is 4.98 Å². The fourth-order valence-corrected chi connectivity index (χ4v) is 4.31. The molecule has 1 aliphatic heterocycles. The van der Waals surface area contributed by atoms with Crippen LogP contribution in [0, 0.1) is 6.92 Å². The molecule has 1 saturated carbocycles. The Bertz CT molecular complexity index is 423. The molecule has 4 heteroatoms. The van der Waals surface area contributed by atoms with Crippen molar-refractivity contribution >= 4 is 11.3 Å². The smallest absolute Gasteiger partial charge is 0.107 e. The fourth-order valence-electron chi connectivity index (χ4n) is 3.52. The summed E-state index contributed by atoms with van der Waals surface area (Å²) in [6, 6.07) is 0.622. The summed E-state index contributed by atoms with van der Waals surface area (Å²) in [7, 11) is 0. The SMILES string of the molecule is Cc1csc(CN2CC3(CCCCC3)NCC2C)n1. The highest BCUT2D eigenvalue weighted by molar-refractivity contribution is 7.09. The van der Waals surface area contributed by atoms with Crippen molar-refractivity contribution in [3.05, 3.63) is 16.1 Å². The summed E-state index contributed by atoms with van der Waals surface area (Å²) >= 11 is 1.81. The highest BCUT2D eigenvalue weighted by Gasteiger charge is 2.38. The highest BCUT2D eigenvalue weighted by atomic mass is 32.1. The first-order valence-electron chi connectivity index (χ1n) is 7.57. The van der Waals surface area contributed by atoms with Gasteiger partial charge in [-0.2, -0.15) is 0 Å². The molecule has 1 saturated heterocycles. The number of thiazole rings is 1. The van der Waals surface area contributed by atoms with E-state index in [0.717, 1.165) is 18.8 Å². The predicted octanol–water partition coefficient (Wildman–Crippen LogP) is 2.95. The third-order valence-electron chi connectivity index (χ3n) is 4.72. The first kappa shape index (κ1) is 13.5. The molecular weight excluding hydrogens is 254 g/mol. The quantitative estimate of drug-likeness (QED) is 0.902. The lowest BCUT2D eigenvalue weighted by molar-refractivity contribution is 0.0572. The van der Waals surface area contributed by atoms with E-state index in [1.54, 1.807) is 0 Å². The molecule has 2 aliphatic rings. The van der Waals surface area contributed by atoms with Gasteiger partial charge in [0.25, 0.3) is 0 Å². The average Bonchev–Trinajstić information content (AvgIpc) is 2.81. The van der Waals surface area contributed by atoms with Gasteiger partial charge in [0.1, 0.15) is 5.01 Å². The molecule has 1 aromatic heterocycles. The number of hydrogen-bond donors (Lipinski definition) is 1. The maximum absolute atomic E-state index is 4.63. The van der Waals surface area contributed by atoms with Crippen molar-refractivity contribution < 1.29 is 0 Å². The van der Waals surface area contributed by atoms with Crippen molar-refractivity contribution in [3.63, 3.8) is 0 Å². The van der Waals surface area contributed by atoms with Gasteiger partial charge in [0.2, 0.25) is 0 Å². The summed E-state index contributed by atoms with van der Waals surface area (Å²) in [6.07, 6.45) is 6.92. The third kappa shape index (κ3) is 3.01. The van der Waals surface area contributed by atoms with Crippen molar-refractivity contribution in [2.45, 2.75) is 64.1 Å². The molecule has 19 heavy (non-hydrogen) atoms. The van der Waals surface area contributed by atoms with Crippen LogP contribution < -0.4 is 5.32 Å². The molecule has 1 aromatic rings. The third-order valence-corrected chi connectivity index (χ3v) is 5.67. The Morgan fingerprint density at radius 2 is 2.21 bits per heavy atom.